The summed E-state index contributed by atoms with van der Waals surface area (Å²) >= 11 is 0. The van der Waals surface area contributed by atoms with Gasteiger partial charge in [-0.2, -0.15) is 0 Å². The first-order valence-electron chi connectivity index (χ1n) is 6.50. The van der Waals surface area contributed by atoms with Crippen LogP contribution in [0.5, 0.6) is 0 Å². The highest BCUT2D eigenvalue weighted by Gasteiger charge is 2.20. The minimum Gasteiger partial charge on any atom is -0.397 e. The van der Waals surface area contributed by atoms with Crippen LogP contribution in [0.4, 0.5) is 15.8 Å². The van der Waals surface area contributed by atoms with Crippen LogP contribution in [0.25, 0.3) is 0 Å². The minimum absolute atomic E-state index is 0.275. The van der Waals surface area contributed by atoms with E-state index in [9.17, 15) is 4.39 Å². The van der Waals surface area contributed by atoms with Gasteiger partial charge in [-0.1, -0.05) is 26.2 Å². The summed E-state index contributed by atoms with van der Waals surface area (Å²) in [5.74, 6) is 0.547. The molecule has 1 fully saturated rings. The van der Waals surface area contributed by atoms with Crippen molar-refractivity contribution >= 4 is 11.4 Å². The molecule has 2 rings (SSSR count). The van der Waals surface area contributed by atoms with Crippen LogP contribution in [0.3, 0.4) is 0 Å². The van der Waals surface area contributed by atoms with E-state index in [2.05, 4.69) is 12.2 Å². The molecule has 3 heteroatoms. The molecule has 3 N–H and O–H groups in total. The summed E-state index contributed by atoms with van der Waals surface area (Å²) in [5, 5.41) is 3.45. The molecule has 17 heavy (non-hydrogen) atoms. The predicted octanol–water partition coefficient (Wildman–Crippen LogP) is 3.79. The third-order valence-electron chi connectivity index (χ3n) is 3.73. The summed E-state index contributed by atoms with van der Waals surface area (Å²) in [7, 11) is 0. The molecule has 0 spiro atoms. The lowest BCUT2D eigenvalue weighted by Crippen LogP contribution is -2.27. The highest BCUT2D eigenvalue weighted by Crippen LogP contribution is 2.30. The van der Waals surface area contributed by atoms with Crippen LogP contribution in [-0.4, -0.2) is 6.04 Å². The largest absolute Gasteiger partial charge is 0.397 e. The van der Waals surface area contributed by atoms with Crippen molar-refractivity contribution < 1.29 is 4.39 Å². The Bertz CT molecular complexity index is 378. The molecule has 0 heterocycles. The van der Waals surface area contributed by atoms with Crippen molar-refractivity contribution in [2.45, 2.75) is 45.1 Å². The number of nitrogens with one attached hydrogen (secondary N) is 1. The third kappa shape index (κ3) is 3.11. The molecule has 0 amide bonds. The van der Waals surface area contributed by atoms with Gasteiger partial charge in [-0.15, -0.1) is 0 Å². The molecule has 0 aromatic heterocycles. The lowest BCUT2D eigenvalue weighted by molar-refractivity contribution is 0.327. The van der Waals surface area contributed by atoms with E-state index in [0.717, 1.165) is 11.6 Å². The molecule has 1 aromatic carbocycles. The number of nitrogen functional groups attached to an aromatic ring is 1. The SMILES string of the molecule is CCC1CCCC(Nc2ccc(F)cc2N)C1. The number of hydrogen-bond donors (Lipinski definition) is 2. The van der Waals surface area contributed by atoms with Crippen LogP contribution in [0.2, 0.25) is 0 Å². The smallest absolute Gasteiger partial charge is 0.125 e. The van der Waals surface area contributed by atoms with E-state index in [4.69, 9.17) is 5.73 Å². The van der Waals surface area contributed by atoms with Gasteiger partial charge in [0, 0.05) is 6.04 Å². The molecule has 0 aliphatic heterocycles. The zero-order valence-corrected chi connectivity index (χ0v) is 10.4. The van der Waals surface area contributed by atoms with Crippen molar-refractivity contribution in [3.05, 3.63) is 24.0 Å². The van der Waals surface area contributed by atoms with E-state index in [1.807, 2.05) is 0 Å². The van der Waals surface area contributed by atoms with E-state index in [0.29, 0.717) is 11.7 Å². The second-order valence-electron chi connectivity index (χ2n) is 5.01. The summed E-state index contributed by atoms with van der Waals surface area (Å²) in [6.07, 6.45) is 6.25. The van der Waals surface area contributed by atoms with Gasteiger partial charge in [0.05, 0.1) is 11.4 Å². The van der Waals surface area contributed by atoms with Crippen molar-refractivity contribution in [2.24, 2.45) is 5.92 Å². The van der Waals surface area contributed by atoms with Crippen molar-refractivity contribution in [1.82, 2.24) is 0 Å². The molecule has 1 saturated carbocycles. The van der Waals surface area contributed by atoms with Crippen LogP contribution in [-0.2, 0) is 0 Å². The molecule has 1 aliphatic carbocycles. The number of halogens is 1. The van der Waals surface area contributed by atoms with Crippen LogP contribution in [0.15, 0.2) is 18.2 Å². The summed E-state index contributed by atoms with van der Waals surface area (Å²) in [4.78, 5) is 0. The molecule has 0 bridgehead atoms. The van der Waals surface area contributed by atoms with Crippen molar-refractivity contribution in [1.29, 1.82) is 0 Å². The third-order valence-corrected chi connectivity index (χ3v) is 3.73. The predicted molar refractivity (Wildman–Crippen MR) is 70.5 cm³/mol. The number of rotatable bonds is 3. The molecule has 94 valence electrons. The average Bonchev–Trinajstić information content (AvgIpc) is 2.33. The van der Waals surface area contributed by atoms with Crippen LogP contribution < -0.4 is 11.1 Å². The Hall–Kier alpha value is -1.25. The van der Waals surface area contributed by atoms with Gasteiger partial charge in [-0.05, 0) is 37.0 Å². The maximum atomic E-state index is 12.9. The first-order valence-corrected chi connectivity index (χ1v) is 6.50. The minimum atomic E-state index is -0.275. The zero-order chi connectivity index (χ0) is 12.3. The second kappa shape index (κ2) is 5.39. The summed E-state index contributed by atoms with van der Waals surface area (Å²) in [6, 6.07) is 5.06. The van der Waals surface area contributed by atoms with E-state index in [1.54, 1.807) is 6.07 Å². The number of anilines is 2. The van der Waals surface area contributed by atoms with Gasteiger partial charge in [-0.25, -0.2) is 4.39 Å². The topological polar surface area (TPSA) is 38.0 Å². The van der Waals surface area contributed by atoms with E-state index in [-0.39, 0.29) is 5.82 Å². The molecular formula is C14H21FN2. The Morgan fingerprint density at radius 1 is 1.41 bits per heavy atom. The fourth-order valence-corrected chi connectivity index (χ4v) is 2.68. The number of hydrogen-bond acceptors (Lipinski definition) is 2. The van der Waals surface area contributed by atoms with Gasteiger partial charge in [0.1, 0.15) is 5.82 Å². The second-order valence-corrected chi connectivity index (χ2v) is 5.01. The first kappa shape index (κ1) is 12.2. The highest BCUT2D eigenvalue weighted by atomic mass is 19.1. The summed E-state index contributed by atoms with van der Waals surface area (Å²) < 4.78 is 12.9. The Morgan fingerprint density at radius 2 is 2.24 bits per heavy atom. The molecule has 2 unspecified atom stereocenters. The lowest BCUT2D eigenvalue weighted by atomic mass is 9.84. The van der Waals surface area contributed by atoms with Gasteiger partial charge in [0.2, 0.25) is 0 Å². The van der Waals surface area contributed by atoms with Crippen LogP contribution in [0.1, 0.15) is 39.0 Å². The van der Waals surface area contributed by atoms with Crippen molar-refractivity contribution in [2.75, 3.05) is 11.1 Å². The van der Waals surface area contributed by atoms with Crippen molar-refractivity contribution in [3.8, 4) is 0 Å². The highest BCUT2D eigenvalue weighted by molar-refractivity contribution is 5.66. The van der Waals surface area contributed by atoms with Gasteiger partial charge in [-0.3, -0.25) is 0 Å². The lowest BCUT2D eigenvalue weighted by Gasteiger charge is -2.30. The Balaban J connectivity index is 2.00. The molecule has 0 radical (unpaired) electrons. The molecule has 1 aromatic rings. The molecule has 0 saturated heterocycles. The fourth-order valence-electron chi connectivity index (χ4n) is 2.68. The molecular weight excluding hydrogens is 215 g/mol. The van der Waals surface area contributed by atoms with E-state index in [1.165, 1.54) is 44.2 Å². The summed E-state index contributed by atoms with van der Waals surface area (Å²) in [6.45, 7) is 2.25. The van der Waals surface area contributed by atoms with Crippen LogP contribution in [0, 0.1) is 11.7 Å². The summed E-state index contributed by atoms with van der Waals surface area (Å²) in [5.41, 5.74) is 7.18. The van der Waals surface area contributed by atoms with Gasteiger partial charge in [0.25, 0.3) is 0 Å². The zero-order valence-electron chi connectivity index (χ0n) is 10.4. The Morgan fingerprint density at radius 3 is 2.94 bits per heavy atom. The maximum absolute atomic E-state index is 12.9. The maximum Gasteiger partial charge on any atom is 0.125 e. The van der Waals surface area contributed by atoms with Crippen molar-refractivity contribution in [3.63, 3.8) is 0 Å². The van der Waals surface area contributed by atoms with Crippen LogP contribution >= 0.6 is 0 Å². The Kier molecular flexibility index (Phi) is 3.87. The standard InChI is InChI=1S/C14H21FN2/c1-2-10-4-3-5-12(8-10)17-14-7-6-11(15)9-13(14)16/h6-7,9-10,12,17H,2-5,8,16H2,1H3. The van der Waals surface area contributed by atoms with Gasteiger partial charge in [0.15, 0.2) is 0 Å². The van der Waals surface area contributed by atoms with Gasteiger partial charge >= 0.3 is 0 Å². The molecule has 1 aliphatic rings. The normalized spacial score (nSPS) is 24.6. The van der Waals surface area contributed by atoms with Gasteiger partial charge < -0.3 is 11.1 Å². The first-order chi connectivity index (χ1) is 8.19. The number of benzene rings is 1. The average molecular weight is 236 g/mol. The molecule has 2 nitrogen and oxygen atoms in total. The van der Waals surface area contributed by atoms with E-state index < -0.39 is 0 Å². The Labute approximate surface area is 102 Å². The number of nitrogens with two attached hydrogens (primary N) is 1. The fraction of sp³-hybridized carbons (Fsp3) is 0.571. The quantitative estimate of drug-likeness (QED) is 0.784. The molecule has 2 atom stereocenters. The van der Waals surface area contributed by atoms with E-state index >= 15 is 0 Å². The monoisotopic (exact) mass is 236 g/mol.